The van der Waals surface area contributed by atoms with Gasteiger partial charge in [-0.15, -0.1) is 0 Å². The van der Waals surface area contributed by atoms with E-state index in [9.17, 15) is 0 Å². The smallest absolute Gasteiger partial charge is 0.0732 e. The molecule has 0 aliphatic heterocycles. The first-order valence-electron chi connectivity index (χ1n) is 4.61. The van der Waals surface area contributed by atoms with Gasteiger partial charge in [-0.2, -0.15) is 0 Å². The van der Waals surface area contributed by atoms with Gasteiger partial charge in [-0.05, 0) is 34.6 Å². The van der Waals surface area contributed by atoms with Crippen molar-refractivity contribution in [1.29, 1.82) is 0 Å². The van der Waals surface area contributed by atoms with E-state index in [4.69, 9.17) is 4.74 Å². The predicted molar refractivity (Wildman–Crippen MR) is 60.2 cm³/mol. The number of pyridine rings is 1. The second kappa shape index (κ2) is 6.11. The molecule has 1 aromatic rings. The molecule has 14 heavy (non-hydrogen) atoms. The number of aromatic nitrogens is 1. The lowest BCUT2D eigenvalue weighted by Crippen LogP contribution is -2.25. The van der Waals surface area contributed by atoms with Gasteiger partial charge in [0.1, 0.15) is 0 Å². The van der Waals surface area contributed by atoms with Crippen molar-refractivity contribution in [2.75, 3.05) is 20.3 Å². The number of ether oxygens (including phenoxy) is 1. The zero-order valence-corrected chi connectivity index (χ0v) is 10.0. The van der Waals surface area contributed by atoms with E-state index < -0.39 is 0 Å². The molecule has 4 heteroatoms. The molecule has 0 radical (unpaired) electrons. The monoisotopic (exact) mass is 258 g/mol. The van der Waals surface area contributed by atoms with Crippen molar-refractivity contribution in [3.8, 4) is 0 Å². The molecule has 1 N–H and O–H groups in total. The maximum absolute atomic E-state index is 5.13. The summed E-state index contributed by atoms with van der Waals surface area (Å²) in [6.45, 7) is 3.62. The van der Waals surface area contributed by atoms with Crippen molar-refractivity contribution in [2.24, 2.45) is 0 Å². The van der Waals surface area contributed by atoms with E-state index in [0.29, 0.717) is 6.61 Å². The molecule has 1 heterocycles. The highest BCUT2D eigenvalue weighted by Gasteiger charge is 2.10. The Labute approximate surface area is 93.0 Å². The highest BCUT2D eigenvalue weighted by atomic mass is 79.9. The van der Waals surface area contributed by atoms with E-state index in [1.807, 2.05) is 12.1 Å². The maximum Gasteiger partial charge on any atom is 0.0732 e. The Morgan fingerprint density at radius 2 is 2.36 bits per heavy atom. The lowest BCUT2D eigenvalue weighted by atomic mass is 10.2. The topological polar surface area (TPSA) is 34.1 Å². The third-order valence-electron chi connectivity index (χ3n) is 1.89. The molecule has 1 aromatic heterocycles. The SMILES string of the molecule is CCNC(COC)c1ccc(Br)cn1. The number of hydrogen-bond acceptors (Lipinski definition) is 3. The van der Waals surface area contributed by atoms with Crippen molar-refractivity contribution in [1.82, 2.24) is 10.3 Å². The Kier molecular flexibility index (Phi) is 5.07. The average molecular weight is 259 g/mol. The van der Waals surface area contributed by atoms with Crippen LogP contribution in [-0.2, 0) is 4.74 Å². The molecule has 0 spiro atoms. The fourth-order valence-corrected chi connectivity index (χ4v) is 1.49. The Bertz CT molecular complexity index is 257. The lowest BCUT2D eigenvalue weighted by molar-refractivity contribution is 0.166. The number of methoxy groups -OCH3 is 1. The van der Waals surface area contributed by atoms with E-state index in [2.05, 4.69) is 33.2 Å². The summed E-state index contributed by atoms with van der Waals surface area (Å²) in [4.78, 5) is 4.33. The Morgan fingerprint density at radius 3 is 2.86 bits per heavy atom. The van der Waals surface area contributed by atoms with Crippen molar-refractivity contribution in [3.05, 3.63) is 28.5 Å². The Morgan fingerprint density at radius 1 is 1.57 bits per heavy atom. The van der Waals surface area contributed by atoms with Crippen LogP contribution in [0, 0.1) is 0 Å². The minimum Gasteiger partial charge on any atom is -0.383 e. The molecule has 3 nitrogen and oxygen atoms in total. The van der Waals surface area contributed by atoms with Gasteiger partial charge in [0.05, 0.1) is 18.3 Å². The molecule has 0 saturated carbocycles. The summed E-state index contributed by atoms with van der Waals surface area (Å²) in [5.74, 6) is 0. The van der Waals surface area contributed by atoms with Gasteiger partial charge in [-0.1, -0.05) is 6.92 Å². The van der Waals surface area contributed by atoms with Crippen LogP contribution in [0.15, 0.2) is 22.8 Å². The standard InChI is InChI=1S/C10H15BrN2O/c1-3-12-10(7-14-2)9-5-4-8(11)6-13-9/h4-6,10,12H,3,7H2,1-2H3. The molecule has 78 valence electrons. The van der Waals surface area contributed by atoms with Crippen molar-refractivity contribution in [3.63, 3.8) is 0 Å². The molecule has 0 bridgehead atoms. The van der Waals surface area contributed by atoms with E-state index in [1.54, 1.807) is 13.3 Å². The summed E-state index contributed by atoms with van der Waals surface area (Å²) < 4.78 is 6.12. The summed E-state index contributed by atoms with van der Waals surface area (Å²) >= 11 is 3.36. The second-order valence-electron chi connectivity index (χ2n) is 2.97. The van der Waals surface area contributed by atoms with Crippen LogP contribution in [0.25, 0.3) is 0 Å². The fourth-order valence-electron chi connectivity index (χ4n) is 1.26. The lowest BCUT2D eigenvalue weighted by Gasteiger charge is -2.15. The number of likely N-dealkylation sites (N-methyl/N-ethyl adjacent to an activating group) is 1. The zero-order chi connectivity index (χ0) is 10.4. The van der Waals surface area contributed by atoms with Crippen LogP contribution in [-0.4, -0.2) is 25.2 Å². The van der Waals surface area contributed by atoms with Crippen LogP contribution in [0.2, 0.25) is 0 Å². The van der Waals surface area contributed by atoms with Crippen molar-refractivity contribution < 1.29 is 4.74 Å². The molecular weight excluding hydrogens is 244 g/mol. The summed E-state index contributed by atoms with van der Waals surface area (Å²) in [5, 5.41) is 3.32. The van der Waals surface area contributed by atoms with E-state index in [1.165, 1.54) is 0 Å². The zero-order valence-electron chi connectivity index (χ0n) is 8.46. The number of hydrogen-bond donors (Lipinski definition) is 1. The molecule has 0 fully saturated rings. The highest BCUT2D eigenvalue weighted by molar-refractivity contribution is 9.10. The number of nitrogens with one attached hydrogen (secondary N) is 1. The quantitative estimate of drug-likeness (QED) is 0.879. The van der Waals surface area contributed by atoms with E-state index in [-0.39, 0.29) is 6.04 Å². The predicted octanol–water partition coefficient (Wildman–Crippen LogP) is 2.14. The van der Waals surface area contributed by atoms with Gasteiger partial charge in [-0.25, -0.2) is 0 Å². The normalized spacial score (nSPS) is 12.8. The number of halogens is 1. The molecule has 1 rings (SSSR count). The van der Waals surface area contributed by atoms with Gasteiger partial charge >= 0.3 is 0 Å². The molecular formula is C10H15BrN2O. The first kappa shape index (κ1) is 11.6. The first-order chi connectivity index (χ1) is 6.77. The van der Waals surface area contributed by atoms with Crippen LogP contribution in [0.5, 0.6) is 0 Å². The summed E-state index contributed by atoms with van der Waals surface area (Å²) in [5.41, 5.74) is 1.01. The molecule has 1 atom stereocenters. The molecule has 0 amide bonds. The minimum absolute atomic E-state index is 0.179. The first-order valence-corrected chi connectivity index (χ1v) is 5.41. The van der Waals surface area contributed by atoms with E-state index >= 15 is 0 Å². The van der Waals surface area contributed by atoms with Crippen molar-refractivity contribution in [2.45, 2.75) is 13.0 Å². The molecule has 0 saturated heterocycles. The highest BCUT2D eigenvalue weighted by Crippen LogP contribution is 2.13. The molecule has 0 aliphatic carbocycles. The van der Waals surface area contributed by atoms with Crippen LogP contribution in [0.4, 0.5) is 0 Å². The van der Waals surface area contributed by atoms with Gasteiger partial charge < -0.3 is 10.1 Å². The van der Waals surface area contributed by atoms with Crippen molar-refractivity contribution >= 4 is 15.9 Å². The van der Waals surface area contributed by atoms with Gasteiger partial charge in [-0.3, -0.25) is 4.98 Å². The van der Waals surface area contributed by atoms with Crippen LogP contribution in [0.1, 0.15) is 18.7 Å². The molecule has 1 unspecified atom stereocenters. The maximum atomic E-state index is 5.13. The molecule has 0 aliphatic rings. The molecule has 0 aromatic carbocycles. The van der Waals surface area contributed by atoms with E-state index in [0.717, 1.165) is 16.7 Å². The van der Waals surface area contributed by atoms with Gasteiger partial charge in [0, 0.05) is 17.8 Å². The second-order valence-corrected chi connectivity index (χ2v) is 3.88. The van der Waals surface area contributed by atoms with Gasteiger partial charge in [0.25, 0.3) is 0 Å². The minimum atomic E-state index is 0.179. The number of rotatable bonds is 5. The van der Waals surface area contributed by atoms with Crippen LogP contribution < -0.4 is 5.32 Å². The summed E-state index contributed by atoms with van der Waals surface area (Å²) in [6, 6.07) is 4.16. The largest absolute Gasteiger partial charge is 0.383 e. The summed E-state index contributed by atoms with van der Waals surface area (Å²) in [6.07, 6.45) is 1.80. The fraction of sp³-hybridized carbons (Fsp3) is 0.500. The Balaban J connectivity index is 2.71. The van der Waals surface area contributed by atoms with Gasteiger partial charge in [0.15, 0.2) is 0 Å². The van der Waals surface area contributed by atoms with Crippen LogP contribution >= 0.6 is 15.9 Å². The third-order valence-corrected chi connectivity index (χ3v) is 2.36. The third kappa shape index (κ3) is 3.36. The number of nitrogens with zero attached hydrogens (tertiary/aromatic N) is 1. The average Bonchev–Trinajstić information content (AvgIpc) is 2.19. The van der Waals surface area contributed by atoms with Crippen LogP contribution in [0.3, 0.4) is 0 Å². The summed E-state index contributed by atoms with van der Waals surface area (Å²) in [7, 11) is 1.70. The Hall–Kier alpha value is -0.450. The van der Waals surface area contributed by atoms with Gasteiger partial charge in [0.2, 0.25) is 0 Å².